The van der Waals surface area contributed by atoms with Crippen molar-refractivity contribution >= 4 is 5.91 Å². The van der Waals surface area contributed by atoms with E-state index in [-0.39, 0.29) is 22.8 Å². The molecule has 6 heteroatoms. The third-order valence-electron chi connectivity index (χ3n) is 7.49. The Bertz CT molecular complexity index is 870. The Morgan fingerprint density at radius 3 is 2.70 bits per heavy atom. The highest BCUT2D eigenvalue weighted by Gasteiger charge is 2.48. The van der Waals surface area contributed by atoms with E-state index in [0.717, 1.165) is 81.3 Å². The third kappa shape index (κ3) is 2.59. The zero-order chi connectivity index (χ0) is 18.2. The van der Waals surface area contributed by atoms with E-state index < -0.39 is 0 Å². The number of carbonyl (C=O) groups excluding carboxylic acids is 1. The van der Waals surface area contributed by atoms with E-state index in [1.54, 1.807) is 0 Å². The van der Waals surface area contributed by atoms with E-state index in [4.69, 9.17) is 4.98 Å². The lowest BCUT2D eigenvalue weighted by Crippen LogP contribution is -2.42. The minimum absolute atomic E-state index is 0.0873. The fraction of sp³-hybridized carbons (Fsp3) is 0.762. The van der Waals surface area contributed by atoms with Gasteiger partial charge in [0.25, 0.3) is 5.56 Å². The van der Waals surface area contributed by atoms with Gasteiger partial charge in [-0.25, -0.2) is 4.98 Å². The molecule has 1 aromatic rings. The maximum Gasteiger partial charge on any atom is 0.258 e. The average Bonchev–Trinajstić information content (AvgIpc) is 3.60. The maximum atomic E-state index is 13.2. The smallest absolute Gasteiger partial charge is 0.258 e. The Hall–Kier alpha value is -1.69. The van der Waals surface area contributed by atoms with E-state index in [0.29, 0.717) is 6.54 Å². The van der Waals surface area contributed by atoms with E-state index in [2.05, 4.69) is 4.90 Å². The van der Waals surface area contributed by atoms with Crippen LogP contribution in [0.4, 0.5) is 0 Å². The summed E-state index contributed by atoms with van der Waals surface area (Å²) in [5.74, 6) is 2.42. The van der Waals surface area contributed by atoms with Crippen LogP contribution in [0.25, 0.3) is 0 Å². The minimum atomic E-state index is 0.0873. The second kappa shape index (κ2) is 5.66. The molecule has 5 aliphatic rings. The summed E-state index contributed by atoms with van der Waals surface area (Å²) in [4.78, 5) is 35.3. The summed E-state index contributed by atoms with van der Waals surface area (Å²) in [6.07, 6.45) is 7.73. The summed E-state index contributed by atoms with van der Waals surface area (Å²) in [5, 5.41) is 0. The molecule has 2 saturated carbocycles. The summed E-state index contributed by atoms with van der Waals surface area (Å²) >= 11 is 0. The molecule has 2 aliphatic carbocycles. The number of likely N-dealkylation sites (tertiary alicyclic amines) is 1. The topological polar surface area (TPSA) is 58.4 Å². The molecular weight excluding hydrogens is 340 g/mol. The molecule has 1 spiro atoms. The number of hydrogen-bond donors (Lipinski definition) is 0. The van der Waals surface area contributed by atoms with Crippen LogP contribution in [0.5, 0.6) is 0 Å². The molecule has 1 saturated heterocycles. The zero-order valence-corrected chi connectivity index (χ0v) is 16.0. The summed E-state index contributed by atoms with van der Waals surface area (Å²) in [6, 6.07) is 0. The molecule has 0 radical (unpaired) electrons. The predicted octanol–water partition coefficient (Wildman–Crippen LogP) is 1.30. The van der Waals surface area contributed by atoms with E-state index in [1.165, 1.54) is 19.4 Å². The van der Waals surface area contributed by atoms with Crippen LogP contribution >= 0.6 is 0 Å². The van der Waals surface area contributed by atoms with Crippen LogP contribution in [-0.2, 0) is 29.7 Å². The normalized spacial score (nSPS) is 30.0. The molecule has 6 nitrogen and oxygen atoms in total. The minimum Gasteiger partial charge on any atom is -0.337 e. The first-order valence-corrected chi connectivity index (χ1v) is 10.8. The second-order valence-corrected chi connectivity index (χ2v) is 9.56. The highest BCUT2D eigenvalue weighted by molar-refractivity contribution is 5.81. The molecule has 1 atom stereocenters. The Balaban J connectivity index is 1.30. The van der Waals surface area contributed by atoms with Gasteiger partial charge in [-0.1, -0.05) is 0 Å². The highest BCUT2D eigenvalue weighted by atomic mass is 16.2. The van der Waals surface area contributed by atoms with Gasteiger partial charge < -0.3 is 9.80 Å². The first kappa shape index (κ1) is 16.3. The summed E-state index contributed by atoms with van der Waals surface area (Å²) in [6.45, 7) is 5.43. The molecule has 4 heterocycles. The van der Waals surface area contributed by atoms with Crippen LogP contribution in [0.3, 0.4) is 0 Å². The Labute approximate surface area is 159 Å². The monoisotopic (exact) mass is 368 g/mol. The van der Waals surface area contributed by atoms with Crippen LogP contribution in [0.2, 0.25) is 0 Å². The molecule has 0 aromatic carbocycles. The van der Waals surface area contributed by atoms with Crippen molar-refractivity contribution in [2.24, 2.45) is 11.8 Å². The first-order valence-electron chi connectivity index (χ1n) is 10.8. The maximum absolute atomic E-state index is 13.2. The standard InChI is InChI=1S/C21H28N4O2/c26-18(15-3-4-15)24-8-5-17-16(12-24)19(27)25-10-7-21(20(25)22-17)6-9-23(13-21)11-14-1-2-14/h14-15H,1-13H2/t21-/m1/s1. The Morgan fingerprint density at radius 2 is 1.93 bits per heavy atom. The van der Waals surface area contributed by atoms with Crippen LogP contribution in [0.15, 0.2) is 4.79 Å². The molecule has 0 N–H and O–H groups in total. The fourth-order valence-electron chi connectivity index (χ4n) is 5.51. The van der Waals surface area contributed by atoms with Gasteiger partial charge >= 0.3 is 0 Å². The van der Waals surface area contributed by atoms with Crippen LogP contribution in [-0.4, -0.2) is 51.4 Å². The van der Waals surface area contributed by atoms with Gasteiger partial charge in [-0.2, -0.15) is 0 Å². The summed E-state index contributed by atoms with van der Waals surface area (Å²) in [7, 11) is 0. The largest absolute Gasteiger partial charge is 0.337 e. The van der Waals surface area contributed by atoms with Crippen molar-refractivity contribution < 1.29 is 4.79 Å². The molecule has 1 aromatic heterocycles. The van der Waals surface area contributed by atoms with Crippen LogP contribution in [0.1, 0.15) is 55.6 Å². The van der Waals surface area contributed by atoms with Crippen molar-refractivity contribution in [2.45, 2.75) is 63.5 Å². The predicted molar refractivity (Wildman–Crippen MR) is 100 cm³/mol. The van der Waals surface area contributed by atoms with Crippen molar-refractivity contribution in [3.05, 3.63) is 27.4 Å². The number of carbonyl (C=O) groups is 1. The van der Waals surface area contributed by atoms with Gasteiger partial charge in [0.1, 0.15) is 5.82 Å². The molecule has 144 valence electrons. The third-order valence-corrected chi connectivity index (χ3v) is 7.49. The highest BCUT2D eigenvalue weighted by Crippen LogP contribution is 2.43. The molecule has 0 unspecified atom stereocenters. The fourth-order valence-corrected chi connectivity index (χ4v) is 5.51. The molecule has 6 rings (SSSR count). The second-order valence-electron chi connectivity index (χ2n) is 9.56. The van der Waals surface area contributed by atoms with Gasteiger partial charge in [0, 0.05) is 43.9 Å². The summed E-state index contributed by atoms with van der Waals surface area (Å²) in [5.41, 5.74) is 1.96. The number of nitrogens with zero attached hydrogens (tertiary/aromatic N) is 4. The number of fused-ring (bicyclic) bond motifs is 3. The SMILES string of the molecule is O=C(C1CC1)N1CCc2nc3n(c(=O)c2C1)CC[C@@]31CCN(CC2CC2)C1. The van der Waals surface area contributed by atoms with Crippen molar-refractivity contribution in [3.63, 3.8) is 0 Å². The molecule has 1 amide bonds. The van der Waals surface area contributed by atoms with Crippen molar-refractivity contribution in [2.75, 3.05) is 26.2 Å². The Morgan fingerprint density at radius 1 is 1.11 bits per heavy atom. The van der Waals surface area contributed by atoms with Gasteiger partial charge in [0.05, 0.1) is 17.8 Å². The Kier molecular flexibility index (Phi) is 3.41. The van der Waals surface area contributed by atoms with Gasteiger partial charge in [0.2, 0.25) is 5.91 Å². The summed E-state index contributed by atoms with van der Waals surface area (Å²) < 4.78 is 1.95. The lowest BCUT2D eigenvalue weighted by atomic mass is 9.85. The molecule has 0 bridgehead atoms. The first-order chi connectivity index (χ1) is 13.1. The molecule has 3 fully saturated rings. The number of rotatable bonds is 3. The van der Waals surface area contributed by atoms with E-state index >= 15 is 0 Å². The molecule has 27 heavy (non-hydrogen) atoms. The lowest BCUT2D eigenvalue weighted by Gasteiger charge is -2.30. The van der Waals surface area contributed by atoms with Crippen LogP contribution < -0.4 is 5.56 Å². The van der Waals surface area contributed by atoms with Crippen molar-refractivity contribution in [1.82, 2.24) is 19.4 Å². The van der Waals surface area contributed by atoms with Crippen molar-refractivity contribution in [1.29, 1.82) is 0 Å². The zero-order valence-electron chi connectivity index (χ0n) is 16.0. The number of amides is 1. The van der Waals surface area contributed by atoms with Crippen LogP contribution in [0, 0.1) is 11.8 Å². The van der Waals surface area contributed by atoms with Gasteiger partial charge in [-0.15, -0.1) is 0 Å². The molecular formula is C21H28N4O2. The van der Waals surface area contributed by atoms with Gasteiger partial charge in [-0.3, -0.25) is 14.2 Å². The average molecular weight is 368 g/mol. The number of aromatic nitrogens is 2. The van der Waals surface area contributed by atoms with Crippen molar-refractivity contribution in [3.8, 4) is 0 Å². The molecule has 3 aliphatic heterocycles. The van der Waals surface area contributed by atoms with E-state index in [1.807, 2.05) is 9.47 Å². The van der Waals surface area contributed by atoms with Gasteiger partial charge in [-0.05, 0) is 51.0 Å². The number of hydrogen-bond acceptors (Lipinski definition) is 4. The van der Waals surface area contributed by atoms with Gasteiger partial charge in [0.15, 0.2) is 0 Å². The lowest BCUT2D eigenvalue weighted by molar-refractivity contribution is -0.133. The quantitative estimate of drug-likeness (QED) is 0.807. The van der Waals surface area contributed by atoms with E-state index in [9.17, 15) is 9.59 Å².